The van der Waals surface area contributed by atoms with Gasteiger partial charge in [-0.2, -0.15) is 0 Å². The summed E-state index contributed by atoms with van der Waals surface area (Å²) < 4.78 is 5.26. The third kappa shape index (κ3) is 7.00. The largest absolute Gasteiger partial charge is 0.384 e. The number of aliphatic imine (C=N–C) groups is 1. The van der Waals surface area contributed by atoms with Gasteiger partial charge in [0, 0.05) is 58.3 Å². The predicted molar refractivity (Wildman–Crippen MR) is 105 cm³/mol. The second-order valence-electron chi connectivity index (χ2n) is 6.46. The van der Waals surface area contributed by atoms with Gasteiger partial charge in [0.25, 0.3) is 0 Å². The second kappa shape index (κ2) is 11.5. The van der Waals surface area contributed by atoms with Gasteiger partial charge < -0.3 is 15.0 Å². The van der Waals surface area contributed by atoms with Gasteiger partial charge in [-0.3, -0.25) is 9.89 Å². The monoisotopic (exact) mass is 426 g/mol. The van der Waals surface area contributed by atoms with E-state index in [2.05, 4.69) is 47.8 Å². The molecular formula is C16H35IN4O. The fraction of sp³-hybridized carbons (Fsp3) is 0.938. The van der Waals surface area contributed by atoms with Crippen molar-refractivity contribution in [3.8, 4) is 0 Å². The number of ether oxygens (including phenoxy) is 1. The van der Waals surface area contributed by atoms with Gasteiger partial charge >= 0.3 is 0 Å². The second-order valence-corrected chi connectivity index (χ2v) is 6.46. The van der Waals surface area contributed by atoms with Crippen LogP contribution in [0.2, 0.25) is 0 Å². The molecule has 1 atom stereocenters. The molecule has 0 aromatic rings. The molecular weight excluding hydrogens is 391 g/mol. The zero-order valence-electron chi connectivity index (χ0n) is 15.1. The Balaban J connectivity index is 0.00000441. The lowest BCUT2D eigenvalue weighted by atomic mass is 10.1. The first kappa shape index (κ1) is 21.9. The molecule has 0 spiro atoms. The van der Waals surface area contributed by atoms with Crippen LogP contribution in [0.5, 0.6) is 0 Å². The van der Waals surface area contributed by atoms with Crippen LogP contribution < -0.4 is 5.32 Å². The molecule has 1 N–H and O–H groups in total. The molecule has 0 aromatic carbocycles. The quantitative estimate of drug-likeness (QED) is 0.385. The Morgan fingerprint density at radius 2 is 1.95 bits per heavy atom. The van der Waals surface area contributed by atoms with Crippen molar-refractivity contribution in [3.63, 3.8) is 0 Å². The summed E-state index contributed by atoms with van der Waals surface area (Å²) in [5.74, 6) is 1.66. The van der Waals surface area contributed by atoms with Gasteiger partial charge in [0.2, 0.25) is 0 Å². The highest BCUT2D eigenvalue weighted by Gasteiger charge is 2.24. The number of hydrogen-bond donors (Lipinski definition) is 1. The normalized spacial score (nSPS) is 19.2. The number of halogens is 1. The van der Waals surface area contributed by atoms with E-state index in [1.807, 2.05) is 7.05 Å². The van der Waals surface area contributed by atoms with Crippen molar-refractivity contribution >= 4 is 29.9 Å². The molecule has 1 rings (SSSR count). The molecule has 0 aromatic heterocycles. The fourth-order valence-electron chi connectivity index (χ4n) is 3.14. The van der Waals surface area contributed by atoms with E-state index >= 15 is 0 Å². The van der Waals surface area contributed by atoms with Crippen LogP contribution >= 0.6 is 24.0 Å². The molecule has 1 aliphatic rings. The van der Waals surface area contributed by atoms with E-state index in [0.29, 0.717) is 18.0 Å². The van der Waals surface area contributed by atoms with Gasteiger partial charge in [0.1, 0.15) is 0 Å². The van der Waals surface area contributed by atoms with E-state index in [9.17, 15) is 0 Å². The average molecular weight is 426 g/mol. The number of guanidine groups is 1. The highest BCUT2D eigenvalue weighted by atomic mass is 127. The molecule has 0 amide bonds. The van der Waals surface area contributed by atoms with Crippen molar-refractivity contribution in [3.05, 3.63) is 0 Å². The summed E-state index contributed by atoms with van der Waals surface area (Å²) in [4.78, 5) is 9.27. The van der Waals surface area contributed by atoms with E-state index < -0.39 is 0 Å². The Morgan fingerprint density at radius 3 is 2.45 bits per heavy atom. The van der Waals surface area contributed by atoms with Crippen molar-refractivity contribution in [2.75, 3.05) is 46.9 Å². The van der Waals surface area contributed by atoms with Crippen LogP contribution in [0.1, 0.15) is 34.1 Å². The number of nitrogens with one attached hydrogen (secondary N) is 1. The topological polar surface area (TPSA) is 40.1 Å². The van der Waals surface area contributed by atoms with Crippen LogP contribution in [-0.4, -0.2) is 74.8 Å². The van der Waals surface area contributed by atoms with Crippen LogP contribution in [-0.2, 0) is 4.74 Å². The summed E-state index contributed by atoms with van der Waals surface area (Å²) in [5.41, 5.74) is 0. The van der Waals surface area contributed by atoms with Gasteiger partial charge in [-0.25, -0.2) is 0 Å². The van der Waals surface area contributed by atoms with Crippen LogP contribution in [0.4, 0.5) is 0 Å². The summed E-state index contributed by atoms with van der Waals surface area (Å²) in [6.07, 6.45) is 1.19. The highest BCUT2D eigenvalue weighted by Crippen LogP contribution is 2.16. The van der Waals surface area contributed by atoms with Gasteiger partial charge in [0.15, 0.2) is 5.96 Å². The first-order chi connectivity index (χ1) is 9.99. The van der Waals surface area contributed by atoms with Gasteiger partial charge in [-0.05, 0) is 34.1 Å². The molecule has 132 valence electrons. The molecule has 0 saturated carbocycles. The van der Waals surface area contributed by atoms with Crippen molar-refractivity contribution in [1.82, 2.24) is 15.1 Å². The van der Waals surface area contributed by atoms with Crippen LogP contribution in [0.3, 0.4) is 0 Å². The van der Waals surface area contributed by atoms with E-state index in [1.54, 1.807) is 7.11 Å². The zero-order valence-corrected chi connectivity index (χ0v) is 17.5. The Morgan fingerprint density at radius 1 is 1.32 bits per heavy atom. The van der Waals surface area contributed by atoms with Gasteiger partial charge in [-0.15, -0.1) is 24.0 Å². The van der Waals surface area contributed by atoms with E-state index in [0.717, 1.165) is 38.7 Å². The smallest absolute Gasteiger partial charge is 0.193 e. The minimum absolute atomic E-state index is 0. The molecule has 1 saturated heterocycles. The number of hydrogen-bond acceptors (Lipinski definition) is 3. The Kier molecular flexibility index (Phi) is 11.4. The molecule has 0 bridgehead atoms. The summed E-state index contributed by atoms with van der Waals surface area (Å²) >= 11 is 0. The minimum atomic E-state index is 0. The minimum Gasteiger partial charge on any atom is -0.384 e. The maximum absolute atomic E-state index is 5.26. The summed E-state index contributed by atoms with van der Waals surface area (Å²) in [5, 5.41) is 3.51. The molecule has 22 heavy (non-hydrogen) atoms. The summed E-state index contributed by atoms with van der Waals surface area (Å²) in [6, 6.07) is 1.15. The number of methoxy groups -OCH3 is 1. The molecule has 1 aliphatic heterocycles. The summed E-state index contributed by atoms with van der Waals surface area (Å²) in [7, 11) is 3.65. The Labute approximate surface area is 153 Å². The van der Waals surface area contributed by atoms with Crippen molar-refractivity contribution in [2.45, 2.75) is 46.2 Å². The average Bonchev–Trinajstić information content (AvgIpc) is 2.87. The lowest BCUT2D eigenvalue weighted by molar-refractivity contribution is 0.157. The van der Waals surface area contributed by atoms with E-state index in [4.69, 9.17) is 4.74 Å². The third-order valence-corrected chi connectivity index (χ3v) is 4.18. The molecule has 1 fully saturated rings. The van der Waals surface area contributed by atoms with Crippen LogP contribution in [0, 0.1) is 5.92 Å². The van der Waals surface area contributed by atoms with Crippen molar-refractivity contribution < 1.29 is 4.74 Å². The lowest BCUT2D eigenvalue weighted by Crippen LogP contribution is -2.46. The van der Waals surface area contributed by atoms with E-state index in [-0.39, 0.29) is 24.0 Å². The molecule has 0 aliphatic carbocycles. The predicted octanol–water partition coefficient (Wildman–Crippen LogP) is 2.27. The number of nitrogens with zero attached hydrogens (tertiary/aromatic N) is 3. The van der Waals surface area contributed by atoms with Crippen LogP contribution in [0.15, 0.2) is 4.99 Å². The first-order valence-electron chi connectivity index (χ1n) is 8.19. The lowest BCUT2D eigenvalue weighted by Gasteiger charge is -2.31. The van der Waals surface area contributed by atoms with Crippen LogP contribution in [0.25, 0.3) is 0 Å². The van der Waals surface area contributed by atoms with Gasteiger partial charge in [0.05, 0.1) is 6.61 Å². The third-order valence-electron chi connectivity index (χ3n) is 4.18. The van der Waals surface area contributed by atoms with Crippen molar-refractivity contribution in [2.24, 2.45) is 10.9 Å². The standard InChI is InChI=1S/C16H34N4O.HI/c1-13(2)20(14(3)4)10-8-18-16(17-5)19-9-7-15(11-19)12-21-6;/h13-15H,7-12H2,1-6H3,(H,17,18);1H. The maximum atomic E-state index is 5.26. The molecule has 0 radical (unpaired) electrons. The SMILES string of the molecule is CN=C(NCCN(C(C)C)C(C)C)N1CCC(COC)C1.I. The molecule has 1 heterocycles. The fourth-order valence-corrected chi connectivity index (χ4v) is 3.14. The Hall–Kier alpha value is -0.0800. The Bertz CT molecular complexity index is 315. The molecule has 5 nitrogen and oxygen atoms in total. The molecule has 1 unspecified atom stereocenters. The highest BCUT2D eigenvalue weighted by molar-refractivity contribution is 14.0. The van der Waals surface area contributed by atoms with Crippen molar-refractivity contribution in [1.29, 1.82) is 0 Å². The summed E-state index contributed by atoms with van der Waals surface area (Å²) in [6.45, 7) is 14.0. The number of likely N-dealkylation sites (tertiary alicyclic amines) is 1. The molecule has 6 heteroatoms. The number of rotatable bonds is 7. The zero-order chi connectivity index (χ0) is 15.8. The maximum Gasteiger partial charge on any atom is 0.193 e. The van der Waals surface area contributed by atoms with Gasteiger partial charge in [-0.1, -0.05) is 0 Å². The van der Waals surface area contributed by atoms with E-state index in [1.165, 1.54) is 6.42 Å². The first-order valence-corrected chi connectivity index (χ1v) is 8.19.